The summed E-state index contributed by atoms with van der Waals surface area (Å²) in [4.78, 5) is 16.5. The molecule has 0 aliphatic carbocycles. The minimum absolute atomic E-state index is 0.0370. The summed E-state index contributed by atoms with van der Waals surface area (Å²) in [6.07, 6.45) is 2.49. The van der Waals surface area contributed by atoms with Crippen LogP contribution in [0.5, 0.6) is 0 Å². The highest BCUT2D eigenvalue weighted by molar-refractivity contribution is 5.77. The zero-order valence-electron chi connectivity index (χ0n) is 15.1. The number of amides is 1. The van der Waals surface area contributed by atoms with Gasteiger partial charge in [-0.1, -0.05) is 30.3 Å². The molecule has 1 aromatic carbocycles. The number of ether oxygens (including phenoxy) is 1. The third kappa shape index (κ3) is 4.22. The second-order valence-corrected chi connectivity index (χ2v) is 6.53. The lowest BCUT2D eigenvalue weighted by Gasteiger charge is -2.22. The van der Waals surface area contributed by atoms with Crippen LogP contribution in [0.2, 0.25) is 0 Å². The minimum atomic E-state index is 0.0370. The molecule has 0 bridgehead atoms. The van der Waals surface area contributed by atoms with Crippen molar-refractivity contribution in [3.63, 3.8) is 0 Å². The smallest absolute Gasteiger partial charge is 0.248 e. The molecule has 1 aliphatic heterocycles. The number of hydrogen-bond donors (Lipinski definition) is 0. The third-order valence-corrected chi connectivity index (χ3v) is 4.66. The van der Waals surface area contributed by atoms with E-state index in [1.807, 2.05) is 47.4 Å². The van der Waals surface area contributed by atoms with Crippen LogP contribution in [0.1, 0.15) is 12.0 Å². The van der Waals surface area contributed by atoms with E-state index in [2.05, 4.69) is 20.2 Å². The van der Waals surface area contributed by atoms with E-state index < -0.39 is 0 Å². The first-order chi connectivity index (χ1) is 13.3. The van der Waals surface area contributed by atoms with Crippen molar-refractivity contribution in [3.8, 4) is 0 Å². The first-order valence-electron chi connectivity index (χ1n) is 9.11. The van der Waals surface area contributed by atoms with Crippen LogP contribution in [0.4, 0.5) is 5.82 Å². The van der Waals surface area contributed by atoms with Crippen molar-refractivity contribution in [2.75, 3.05) is 37.7 Å². The SMILES string of the molecule is O=C(COCc1ccccc1)N1CCCN(c2ccc3nncn3n2)CC1. The monoisotopic (exact) mass is 366 g/mol. The molecule has 0 unspecified atom stereocenters. The predicted octanol–water partition coefficient (Wildman–Crippen LogP) is 1.38. The highest BCUT2D eigenvalue weighted by Gasteiger charge is 2.20. The maximum atomic E-state index is 12.5. The van der Waals surface area contributed by atoms with Crippen LogP contribution < -0.4 is 4.90 Å². The molecule has 0 saturated carbocycles. The Balaban J connectivity index is 1.30. The van der Waals surface area contributed by atoms with E-state index in [1.54, 1.807) is 10.8 Å². The van der Waals surface area contributed by atoms with Crippen LogP contribution in [0.15, 0.2) is 48.8 Å². The van der Waals surface area contributed by atoms with Gasteiger partial charge in [0.05, 0.1) is 6.61 Å². The third-order valence-electron chi connectivity index (χ3n) is 4.66. The number of fused-ring (bicyclic) bond motifs is 1. The molecule has 1 fully saturated rings. The van der Waals surface area contributed by atoms with Gasteiger partial charge in [-0.2, -0.15) is 4.52 Å². The molecule has 8 nitrogen and oxygen atoms in total. The lowest BCUT2D eigenvalue weighted by atomic mass is 10.2. The summed E-state index contributed by atoms with van der Waals surface area (Å²) in [5, 5.41) is 12.4. The highest BCUT2D eigenvalue weighted by Crippen LogP contribution is 2.14. The molecule has 0 radical (unpaired) electrons. The molecule has 1 amide bonds. The molecule has 1 saturated heterocycles. The van der Waals surface area contributed by atoms with Crippen LogP contribution in [-0.2, 0) is 16.1 Å². The van der Waals surface area contributed by atoms with E-state index in [9.17, 15) is 4.79 Å². The van der Waals surface area contributed by atoms with Gasteiger partial charge in [0.2, 0.25) is 5.91 Å². The maximum absolute atomic E-state index is 12.5. The summed E-state index contributed by atoms with van der Waals surface area (Å²) in [6.45, 7) is 3.56. The number of nitrogens with zero attached hydrogens (tertiary/aromatic N) is 6. The zero-order chi connectivity index (χ0) is 18.5. The molecule has 3 aromatic rings. The van der Waals surface area contributed by atoms with E-state index in [1.165, 1.54) is 0 Å². The van der Waals surface area contributed by atoms with E-state index in [0.29, 0.717) is 13.2 Å². The van der Waals surface area contributed by atoms with Gasteiger partial charge in [0.25, 0.3) is 0 Å². The Morgan fingerprint density at radius 1 is 1.04 bits per heavy atom. The molecule has 2 aromatic heterocycles. The summed E-state index contributed by atoms with van der Waals surface area (Å²) in [6, 6.07) is 13.7. The van der Waals surface area contributed by atoms with Gasteiger partial charge >= 0.3 is 0 Å². The number of carbonyl (C=O) groups excluding carboxylic acids is 1. The standard InChI is InChI=1S/C19H22N6O2/c26-19(14-27-13-16-5-2-1-3-6-16)24-10-4-9-23(11-12-24)18-8-7-17-21-20-15-25(17)22-18/h1-3,5-8,15H,4,9-14H2. The molecular formula is C19H22N6O2. The van der Waals surface area contributed by atoms with Crippen molar-refractivity contribution in [1.82, 2.24) is 24.7 Å². The van der Waals surface area contributed by atoms with Crippen LogP contribution in [-0.4, -0.2) is 63.4 Å². The molecule has 27 heavy (non-hydrogen) atoms. The summed E-state index contributed by atoms with van der Waals surface area (Å²) in [5.41, 5.74) is 1.80. The first-order valence-corrected chi connectivity index (χ1v) is 9.11. The summed E-state index contributed by atoms with van der Waals surface area (Å²) in [5.74, 6) is 0.909. The van der Waals surface area contributed by atoms with Gasteiger partial charge in [-0.05, 0) is 24.1 Å². The molecule has 140 valence electrons. The van der Waals surface area contributed by atoms with Crippen LogP contribution in [0.25, 0.3) is 5.65 Å². The molecule has 0 atom stereocenters. The first kappa shape index (κ1) is 17.4. The van der Waals surface area contributed by atoms with Crippen molar-refractivity contribution < 1.29 is 9.53 Å². The normalized spacial score (nSPS) is 15.1. The molecule has 8 heteroatoms. The number of aromatic nitrogens is 4. The Morgan fingerprint density at radius 3 is 2.81 bits per heavy atom. The fourth-order valence-corrected chi connectivity index (χ4v) is 3.20. The highest BCUT2D eigenvalue weighted by atomic mass is 16.5. The summed E-state index contributed by atoms with van der Waals surface area (Å²) in [7, 11) is 0. The number of rotatable bonds is 5. The van der Waals surface area contributed by atoms with Crippen molar-refractivity contribution >= 4 is 17.4 Å². The lowest BCUT2D eigenvalue weighted by molar-refractivity contribution is -0.136. The maximum Gasteiger partial charge on any atom is 0.248 e. The minimum Gasteiger partial charge on any atom is -0.367 e. The van der Waals surface area contributed by atoms with Crippen molar-refractivity contribution in [3.05, 3.63) is 54.4 Å². The fraction of sp³-hybridized carbons (Fsp3) is 0.368. The zero-order valence-corrected chi connectivity index (χ0v) is 15.1. The lowest BCUT2D eigenvalue weighted by Crippen LogP contribution is -2.37. The van der Waals surface area contributed by atoms with Crippen LogP contribution >= 0.6 is 0 Å². The van der Waals surface area contributed by atoms with Gasteiger partial charge in [-0.3, -0.25) is 4.79 Å². The summed E-state index contributed by atoms with van der Waals surface area (Å²) < 4.78 is 7.26. The number of carbonyl (C=O) groups is 1. The van der Waals surface area contributed by atoms with Crippen molar-refractivity contribution in [2.24, 2.45) is 0 Å². The number of anilines is 1. The second kappa shape index (κ2) is 8.13. The Kier molecular flexibility index (Phi) is 5.24. The van der Waals surface area contributed by atoms with Gasteiger partial charge in [0.15, 0.2) is 5.65 Å². The van der Waals surface area contributed by atoms with E-state index in [4.69, 9.17) is 4.74 Å². The molecule has 3 heterocycles. The Morgan fingerprint density at radius 2 is 1.93 bits per heavy atom. The molecule has 0 spiro atoms. The van der Waals surface area contributed by atoms with E-state index in [0.717, 1.165) is 43.1 Å². The quantitative estimate of drug-likeness (QED) is 0.679. The van der Waals surface area contributed by atoms with Crippen LogP contribution in [0.3, 0.4) is 0 Å². The van der Waals surface area contributed by atoms with Crippen LogP contribution in [0, 0.1) is 0 Å². The van der Waals surface area contributed by atoms with Gasteiger partial charge in [0, 0.05) is 26.2 Å². The molecule has 1 aliphatic rings. The average molecular weight is 366 g/mol. The van der Waals surface area contributed by atoms with Gasteiger partial charge in [-0.25, -0.2) is 0 Å². The number of benzene rings is 1. The fourth-order valence-electron chi connectivity index (χ4n) is 3.20. The second-order valence-electron chi connectivity index (χ2n) is 6.53. The van der Waals surface area contributed by atoms with Crippen molar-refractivity contribution in [2.45, 2.75) is 13.0 Å². The Bertz CT molecular complexity index is 897. The van der Waals surface area contributed by atoms with E-state index in [-0.39, 0.29) is 12.5 Å². The van der Waals surface area contributed by atoms with Gasteiger partial charge in [0.1, 0.15) is 18.8 Å². The van der Waals surface area contributed by atoms with E-state index >= 15 is 0 Å². The Labute approximate surface area is 157 Å². The molecule has 0 N–H and O–H groups in total. The average Bonchev–Trinajstić information content (AvgIpc) is 3.03. The molecular weight excluding hydrogens is 344 g/mol. The van der Waals surface area contributed by atoms with Crippen molar-refractivity contribution in [1.29, 1.82) is 0 Å². The Hall–Kier alpha value is -3.00. The van der Waals surface area contributed by atoms with Gasteiger partial charge < -0.3 is 14.5 Å². The largest absolute Gasteiger partial charge is 0.367 e. The van der Waals surface area contributed by atoms with Gasteiger partial charge in [-0.15, -0.1) is 15.3 Å². The predicted molar refractivity (Wildman–Crippen MR) is 100 cm³/mol. The molecule has 4 rings (SSSR count). The topological polar surface area (TPSA) is 75.9 Å². The summed E-state index contributed by atoms with van der Waals surface area (Å²) >= 11 is 0. The number of hydrogen-bond acceptors (Lipinski definition) is 6.